The van der Waals surface area contributed by atoms with Crippen molar-refractivity contribution in [3.63, 3.8) is 0 Å². The van der Waals surface area contributed by atoms with Gasteiger partial charge in [-0.2, -0.15) is 0 Å². The van der Waals surface area contributed by atoms with Gasteiger partial charge in [-0.25, -0.2) is 0 Å². The molecular weight excluding hydrogens is 691 g/mol. The van der Waals surface area contributed by atoms with E-state index in [9.17, 15) is 0 Å². The monoisotopic (exact) mass is 725 g/mol. The Hall–Kier alpha value is -7.62. The molecule has 0 atom stereocenters. The molecule has 0 spiro atoms. The summed E-state index contributed by atoms with van der Waals surface area (Å²) in [6.45, 7) is 0. The maximum absolute atomic E-state index is 2.48. The minimum absolute atomic E-state index is 1.13. The SMILES string of the molecule is c1ccc(-c2cccc(-c3cccc(-n4c5ccccc5c5cc6c(cc54)c4ccccc4n6-c4ccccc4)c3)c2-n2c3ccccc3c3ccccc32)cc1. The molecule has 0 fully saturated rings. The first-order valence-corrected chi connectivity index (χ1v) is 19.6. The molecule has 0 aliphatic carbocycles. The van der Waals surface area contributed by atoms with Crippen molar-refractivity contribution >= 4 is 65.4 Å². The molecule has 0 N–H and O–H groups in total. The Morgan fingerprint density at radius 3 is 1.18 bits per heavy atom. The fraction of sp³-hybridized carbons (Fsp3) is 0. The van der Waals surface area contributed by atoms with Crippen LogP contribution in [0.1, 0.15) is 0 Å². The second kappa shape index (κ2) is 12.5. The van der Waals surface area contributed by atoms with Gasteiger partial charge in [-0.05, 0) is 71.8 Å². The normalized spacial score (nSPS) is 11.9. The number of rotatable bonds is 5. The molecule has 0 amide bonds. The van der Waals surface area contributed by atoms with Crippen LogP contribution in [-0.2, 0) is 0 Å². The summed E-state index contributed by atoms with van der Waals surface area (Å²) in [6, 6.07) is 77.5. The third kappa shape index (κ3) is 4.73. The number of aromatic nitrogens is 3. The lowest BCUT2D eigenvalue weighted by Crippen LogP contribution is -2.01. The van der Waals surface area contributed by atoms with E-state index in [4.69, 9.17) is 0 Å². The van der Waals surface area contributed by atoms with Crippen LogP contribution in [0.2, 0.25) is 0 Å². The first-order valence-electron chi connectivity index (χ1n) is 19.6. The summed E-state index contributed by atoms with van der Waals surface area (Å²) in [6.07, 6.45) is 0. The molecule has 12 aromatic rings. The first kappa shape index (κ1) is 31.7. The minimum Gasteiger partial charge on any atom is -0.309 e. The number of para-hydroxylation sites is 6. The molecule has 0 unspecified atom stereocenters. The summed E-state index contributed by atoms with van der Waals surface area (Å²) in [5.41, 5.74) is 15.4. The van der Waals surface area contributed by atoms with Crippen LogP contribution < -0.4 is 0 Å². The van der Waals surface area contributed by atoms with Crippen LogP contribution >= 0.6 is 0 Å². The number of hydrogen-bond acceptors (Lipinski definition) is 0. The Morgan fingerprint density at radius 2 is 0.614 bits per heavy atom. The zero-order chi connectivity index (χ0) is 37.5. The van der Waals surface area contributed by atoms with E-state index in [-0.39, 0.29) is 0 Å². The lowest BCUT2D eigenvalue weighted by molar-refractivity contribution is 1.17. The van der Waals surface area contributed by atoms with Crippen LogP contribution in [-0.4, -0.2) is 13.7 Å². The van der Waals surface area contributed by atoms with Crippen molar-refractivity contribution in [2.75, 3.05) is 0 Å². The number of hydrogen-bond donors (Lipinski definition) is 0. The van der Waals surface area contributed by atoms with Gasteiger partial charge in [0.15, 0.2) is 0 Å². The third-order valence-corrected chi connectivity index (χ3v) is 11.8. The summed E-state index contributed by atoms with van der Waals surface area (Å²) in [5, 5.41) is 7.47. The maximum Gasteiger partial charge on any atom is 0.0618 e. The summed E-state index contributed by atoms with van der Waals surface area (Å²) in [4.78, 5) is 0. The summed E-state index contributed by atoms with van der Waals surface area (Å²) in [5.74, 6) is 0. The highest BCUT2D eigenvalue weighted by molar-refractivity contribution is 6.19. The van der Waals surface area contributed by atoms with Crippen molar-refractivity contribution in [2.24, 2.45) is 0 Å². The molecular formula is C54H35N3. The number of benzene rings is 9. The zero-order valence-electron chi connectivity index (χ0n) is 31.0. The lowest BCUT2D eigenvalue weighted by atomic mass is 9.95. The molecule has 3 nitrogen and oxygen atoms in total. The van der Waals surface area contributed by atoms with Gasteiger partial charge in [0.2, 0.25) is 0 Å². The van der Waals surface area contributed by atoms with Crippen molar-refractivity contribution in [2.45, 2.75) is 0 Å². The predicted octanol–water partition coefficient (Wildman–Crippen LogP) is 14.3. The van der Waals surface area contributed by atoms with Crippen LogP contribution in [0.5, 0.6) is 0 Å². The second-order valence-electron chi connectivity index (χ2n) is 14.9. The van der Waals surface area contributed by atoms with Crippen LogP contribution in [0.3, 0.4) is 0 Å². The number of nitrogens with zero attached hydrogens (tertiary/aromatic N) is 3. The average Bonchev–Trinajstić information content (AvgIpc) is 3.91. The molecule has 12 rings (SSSR count). The Labute approximate surface area is 329 Å². The van der Waals surface area contributed by atoms with Crippen molar-refractivity contribution < 1.29 is 0 Å². The molecule has 57 heavy (non-hydrogen) atoms. The Morgan fingerprint density at radius 1 is 0.228 bits per heavy atom. The van der Waals surface area contributed by atoms with Gasteiger partial charge < -0.3 is 13.7 Å². The highest BCUT2D eigenvalue weighted by atomic mass is 15.0. The van der Waals surface area contributed by atoms with E-state index in [1.54, 1.807) is 0 Å². The molecule has 9 aromatic carbocycles. The highest BCUT2D eigenvalue weighted by Crippen LogP contribution is 2.43. The quantitative estimate of drug-likeness (QED) is 0.168. The van der Waals surface area contributed by atoms with Gasteiger partial charge in [-0.1, -0.05) is 152 Å². The average molecular weight is 726 g/mol. The van der Waals surface area contributed by atoms with E-state index < -0.39 is 0 Å². The third-order valence-electron chi connectivity index (χ3n) is 11.8. The smallest absolute Gasteiger partial charge is 0.0618 e. The molecule has 3 aromatic heterocycles. The second-order valence-corrected chi connectivity index (χ2v) is 14.9. The van der Waals surface area contributed by atoms with Crippen molar-refractivity contribution in [1.82, 2.24) is 13.7 Å². The van der Waals surface area contributed by atoms with Crippen LogP contribution in [0, 0.1) is 0 Å². The molecule has 0 aliphatic rings. The van der Waals surface area contributed by atoms with Gasteiger partial charge in [0.25, 0.3) is 0 Å². The largest absolute Gasteiger partial charge is 0.309 e. The first-order chi connectivity index (χ1) is 28.3. The van der Waals surface area contributed by atoms with E-state index in [0.717, 1.165) is 16.9 Å². The molecule has 3 heterocycles. The van der Waals surface area contributed by atoms with E-state index >= 15 is 0 Å². The lowest BCUT2D eigenvalue weighted by Gasteiger charge is -2.20. The molecule has 0 saturated carbocycles. The topological polar surface area (TPSA) is 14.8 Å². The molecule has 0 radical (unpaired) electrons. The summed E-state index contributed by atoms with van der Waals surface area (Å²) >= 11 is 0. The maximum atomic E-state index is 2.48. The Kier molecular flexibility index (Phi) is 6.93. The molecule has 0 saturated heterocycles. The predicted molar refractivity (Wildman–Crippen MR) is 240 cm³/mol. The van der Waals surface area contributed by atoms with Crippen LogP contribution in [0.25, 0.3) is 105 Å². The molecule has 3 heteroatoms. The van der Waals surface area contributed by atoms with Crippen molar-refractivity contribution in [3.8, 4) is 39.3 Å². The number of fused-ring (bicyclic) bond motifs is 9. The molecule has 0 aliphatic heterocycles. The van der Waals surface area contributed by atoms with Gasteiger partial charge in [0.05, 0.1) is 38.8 Å². The minimum atomic E-state index is 1.13. The van der Waals surface area contributed by atoms with Crippen molar-refractivity contribution in [1.29, 1.82) is 0 Å². The van der Waals surface area contributed by atoms with Gasteiger partial charge in [-0.3, -0.25) is 0 Å². The van der Waals surface area contributed by atoms with E-state index in [2.05, 4.69) is 226 Å². The summed E-state index contributed by atoms with van der Waals surface area (Å²) < 4.78 is 7.35. The summed E-state index contributed by atoms with van der Waals surface area (Å²) in [7, 11) is 0. The van der Waals surface area contributed by atoms with Gasteiger partial charge in [-0.15, -0.1) is 0 Å². The molecule has 266 valence electrons. The van der Waals surface area contributed by atoms with Crippen molar-refractivity contribution in [3.05, 3.63) is 212 Å². The standard InChI is InChI=1S/C54H35N3/c1-3-17-36(18-4-1)40-27-16-28-41(54(40)57-50-31-13-7-23-42(50)43-24-8-14-32-51(43)57)37-19-15-22-39(33-37)56-49-30-12-10-26-45(49)47-34-52-46(35-53(47)56)44-25-9-11-29-48(44)55(52)38-20-5-2-6-21-38/h1-35H. The fourth-order valence-electron chi connectivity index (χ4n) is 9.41. The van der Waals surface area contributed by atoms with Gasteiger partial charge >= 0.3 is 0 Å². The van der Waals surface area contributed by atoms with Gasteiger partial charge in [0, 0.05) is 54.8 Å². The fourth-order valence-corrected chi connectivity index (χ4v) is 9.41. The zero-order valence-corrected chi connectivity index (χ0v) is 31.0. The Bertz CT molecular complexity index is 3460. The Balaban J connectivity index is 1.14. The van der Waals surface area contributed by atoms with E-state index in [0.29, 0.717) is 0 Å². The highest BCUT2D eigenvalue weighted by Gasteiger charge is 2.22. The molecule has 0 bridgehead atoms. The van der Waals surface area contributed by atoms with Crippen LogP contribution in [0.4, 0.5) is 0 Å². The van der Waals surface area contributed by atoms with E-state index in [1.165, 1.54) is 87.8 Å². The van der Waals surface area contributed by atoms with Crippen LogP contribution in [0.15, 0.2) is 212 Å². The van der Waals surface area contributed by atoms with E-state index in [1.807, 2.05) is 0 Å². The van der Waals surface area contributed by atoms with Gasteiger partial charge in [0.1, 0.15) is 0 Å².